The van der Waals surface area contributed by atoms with Crippen LogP contribution in [0.5, 0.6) is 5.75 Å². The van der Waals surface area contributed by atoms with E-state index in [0.29, 0.717) is 18.7 Å². The topological polar surface area (TPSA) is 38.8 Å². The van der Waals surface area contributed by atoms with E-state index in [1.807, 2.05) is 78.9 Å². The second kappa shape index (κ2) is 9.01. The van der Waals surface area contributed by atoms with Gasteiger partial charge in [-0.25, -0.2) is 0 Å². The minimum atomic E-state index is -0.0537. The van der Waals surface area contributed by atoms with Crippen LogP contribution in [0.2, 0.25) is 0 Å². The van der Waals surface area contributed by atoms with E-state index < -0.39 is 0 Å². The van der Waals surface area contributed by atoms with Crippen molar-refractivity contribution in [1.29, 1.82) is 0 Å². The average Bonchev–Trinajstić information content (AvgIpc) is 2.73. The molecule has 0 fully saturated rings. The summed E-state index contributed by atoms with van der Waals surface area (Å²) >= 11 is 0. The number of amides is 1. The van der Waals surface area contributed by atoms with Gasteiger partial charge in [-0.15, -0.1) is 0 Å². The second-order valence-electron chi connectivity index (χ2n) is 6.21. The molecule has 0 radical (unpaired) electrons. The fourth-order valence-corrected chi connectivity index (χ4v) is 2.93. The molecule has 0 spiro atoms. The Morgan fingerprint density at radius 1 is 0.852 bits per heavy atom. The van der Waals surface area contributed by atoms with Crippen molar-refractivity contribution in [2.24, 2.45) is 0 Å². The first-order chi connectivity index (χ1) is 13.2. The van der Waals surface area contributed by atoms with Crippen LogP contribution >= 0.6 is 0 Å². The van der Waals surface area contributed by atoms with Crippen LogP contribution in [-0.4, -0.2) is 20.1 Å². The zero-order chi connectivity index (χ0) is 19.1. The lowest BCUT2D eigenvalue weighted by atomic mass is 10.1. The van der Waals surface area contributed by atoms with Gasteiger partial charge in [-0.05, 0) is 47.5 Å². The number of carbonyl (C=O) groups is 1. The highest BCUT2D eigenvalue weighted by molar-refractivity contribution is 6.06. The molecule has 0 bridgehead atoms. The Morgan fingerprint density at radius 2 is 1.56 bits per heavy atom. The molecule has 0 saturated heterocycles. The summed E-state index contributed by atoms with van der Waals surface area (Å²) < 4.78 is 10.4. The summed E-state index contributed by atoms with van der Waals surface area (Å²) in [5, 5.41) is 0. The quantitative estimate of drug-likeness (QED) is 0.613. The largest absolute Gasteiger partial charge is 0.497 e. The van der Waals surface area contributed by atoms with Crippen LogP contribution < -0.4 is 9.64 Å². The molecule has 3 aromatic rings. The number of hydrogen-bond donors (Lipinski definition) is 0. The third kappa shape index (κ3) is 4.74. The third-order valence-corrected chi connectivity index (χ3v) is 4.30. The molecule has 0 N–H and O–H groups in total. The van der Waals surface area contributed by atoms with E-state index in [1.54, 1.807) is 19.1 Å². The fourth-order valence-electron chi connectivity index (χ4n) is 2.93. The number of hydrogen-bond acceptors (Lipinski definition) is 3. The molecule has 4 heteroatoms. The lowest BCUT2D eigenvalue weighted by molar-refractivity contribution is 0.0984. The minimum absolute atomic E-state index is 0.0537. The molecule has 4 nitrogen and oxygen atoms in total. The Kier molecular flexibility index (Phi) is 6.23. The number of rotatable bonds is 7. The average molecular weight is 361 g/mol. The van der Waals surface area contributed by atoms with Gasteiger partial charge in [-0.3, -0.25) is 4.79 Å². The summed E-state index contributed by atoms with van der Waals surface area (Å²) in [4.78, 5) is 15.1. The van der Waals surface area contributed by atoms with Gasteiger partial charge in [0, 0.05) is 18.4 Å². The Morgan fingerprint density at radius 3 is 2.22 bits per heavy atom. The van der Waals surface area contributed by atoms with Gasteiger partial charge < -0.3 is 14.4 Å². The Hall–Kier alpha value is -3.11. The van der Waals surface area contributed by atoms with E-state index in [0.717, 1.165) is 22.6 Å². The van der Waals surface area contributed by atoms with Gasteiger partial charge in [0.1, 0.15) is 5.75 Å². The Bertz CT molecular complexity index is 876. The van der Waals surface area contributed by atoms with E-state index in [-0.39, 0.29) is 5.91 Å². The maximum Gasteiger partial charge on any atom is 0.258 e. The molecule has 27 heavy (non-hydrogen) atoms. The van der Waals surface area contributed by atoms with Crippen LogP contribution in [0.25, 0.3) is 0 Å². The lowest BCUT2D eigenvalue weighted by Gasteiger charge is -2.24. The van der Waals surface area contributed by atoms with Gasteiger partial charge in [0.05, 0.1) is 20.3 Å². The van der Waals surface area contributed by atoms with Crippen molar-refractivity contribution in [1.82, 2.24) is 0 Å². The maximum atomic E-state index is 13.3. The Labute approximate surface area is 160 Å². The normalized spacial score (nSPS) is 10.4. The van der Waals surface area contributed by atoms with Crippen LogP contribution in [0.15, 0.2) is 78.9 Å². The maximum absolute atomic E-state index is 13.3. The highest BCUT2D eigenvalue weighted by Gasteiger charge is 2.18. The molecule has 138 valence electrons. The highest BCUT2D eigenvalue weighted by Crippen LogP contribution is 2.23. The van der Waals surface area contributed by atoms with E-state index >= 15 is 0 Å². The van der Waals surface area contributed by atoms with Gasteiger partial charge in [-0.1, -0.05) is 42.5 Å². The minimum Gasteiger partial charge on any atom is -0.497 e. The number of nitrogens with zero attached hydrogens (tertiary/aromatic N) is 1. The second-order valence-corrected chi connectivity index (χ2v) is 6.21. The number of methoxy groups -OCH3 is 2. The monoisotopic (exact) mass is 361 g/mol. The number of anilines is 1. The molecule has 3 aromatic carbocycles. The van der Waals surface area contributed by atoms with Gasteiger partial charge in [-0.2, -0.15) is 0 Å². The predicted octanol–water partition coefficient (Wildman–Crippen LogP) is 4.69. The molecular formula is C23H23NO3. The molecule has 0 aliphatic rings. The van der Waals surface area contributed by atoms with E-state index in [2.05, 4.69) is 0 Å². The number of carbonyl (C=O) groups excluding carboxylic acids is 1. The van der Waals surface area contributed by atoms with Crippen molar-refractivity contribution in [2.75, 3.05) is 19.1 Å². The zero-order valence-electron chi connectivity index (χ0n) is 15.6. The molecular weight excluding hydrogens is 338 g/mol. The van der Waals surface area contributed by atoms with E-state index in [9.17, 15) is 4.79 Å². The fraction of sp³-hybridized carbons (Fsp3) is 0.174. The SMILES string of the molecule is COCc1cccc(C(=O)N(Cc2ccccc2)c2ccc(OC)cc2)c1. The highest BCUT2D eigenvalue weighted by atomic mass is 16.5. The van der Waals surface area contributed by atoms with Gasteiger partial charge in [0.2, 0.25) is 0 Å². The molecule has 0 aromatic heterocycles. The summed E-state index contributed by atoms with van der Waals surface area (Å²) in [7, 11) is 3.27. The number of ether oxygens (including phenoxy) is 2. The molecule has 0 aliphatic carbocycles. The van der Waals surface area contributed by atoms with Crippen molar-refractivity contribution in [2.45, 2.75) is 13.2 Å². The third-order valence-electron chi connectivity index (χ3n) is 4.30. The number of benzene rings is 3. The lowest BCUT2D eigenvalue weighted by Crippen LogP contribution is -2.30. The van der Waals surface area contributed by atoms with Crippen molar-refractivity contribution in [3.05, 3.63) is 95.6 Å². The van der Waals surface area contributed by atoms with Gasteiger partial charge >= 0.3 is 0 Å². The summed E-state index contributed by atoms with van der Waals surface area (Å²) in [5.41, 5.74) is 3.49. The molecule has 0 saturated carbocycles. The molecule has 0 unspecified atom stereocenters. The Balaban J connectivity index is 1.94. The molecule has 0 heterocycles. The smallest absolute Gasteiger partial charge is 0.258 e. The molecule has 0 atom stereocenters. The molecule has 3 rings (SSSR count). The van der Waals surface area contributed by atoms with Crippen molar-refractivity contribution in [3.63, 3.8) is 0 Å². The van der Waals surface area contributed by atoms with E-state index in [1.165, 1.54) is 0 Å². The van der Waals surface area contributed by atoms with Crippen LogP contribution in [-0.2, 0) is 17.9 Å². The van der Waals surface area contributed by atoms with Crippen molar-refractivity contribution < 1.29 is 14.3 Å². The van der Waals surface area contributed by atoms with Crippen LogP contribution in [0, 0.1) is 0 Å². The van der Waals surface area contributed by atoms with Gasteiger partial charge in [0.15, 0.2) is 0 Å². The zero-order valence-corrected chi connectivity index (χ0v) is 15.6. The predicted molar refractivity (Wildman–Crippen MR) is 107 cm³/mol. The van der Waals surface area contributed by atoms with E-state index in [4.69, 9.17) is 9.47 Å². The standard InChI is InChI=1S/C23H23NO3/c1-26-17-19-9-6-10-20(15-19)23(25)24(16-18-7-4-3-5-8-18)21-11-13-22(27-2)14-12-21/h3-15H,16-17H2,1-2H3. The summed E-state index contributed by atoms with van der Waals surface area (Å²) in [6.45, 7) is 0.961. The first-order valence-corrected chi connectivity index (χ1v) is 8.79. The first-order valence-electron chi connectivity index (χ1n) is 8.79. The van der Waals surface area contributed by atoms with Crippen LogP contribution in [0.3, 0.4) is 0 Å². The summed E-state index contributed by atoms with van der Waals surface area (Å²) in [6.07, 6.45) is 0. The summed E-state index contributed by atoms with van der Waals surface area (Å²) in [5.74, 6) is 0.704. The van der Waals surface area contributed by atoms with Crippen molar-refractivity contribution in [3.8, 4) is 5.75 Å². The summed E-state index contributed by atoms with van der Waals surface area (Å²) in [6, 6.07) is 25.0. The van der Waals surface area contributed by atoms with Gasteiger partial charge in [0.25, 0.3) is 5.91 Å². The molecule has 1 amide bonds. The van der Waals surface area contributed by atoms with Crippen LogP contribution in [0.1, 0.15) is 21.5 Å². The van der Waals surface area contributed by atoms with Crippen molar-refractivity contribution >= 4 is 11.6 Å². The first kappa shape index (κ1) is 18.7. The van der Waals surface area contributed by atoms with Crippen LogP contribution in [0.4, 0.5) is 5.69 Å². The molecule has 0 aliphatic heterocycles.